The smallest absolute Gasteiger partial charge is 0.261 e. The second-order valence-electron chi connectivity index (χ2n) is 3.29. The summed E-state index contributed by atoms with van der Waals surface area (Å²) in [6, 6.07) is 7.43. The van der Waals surface area contributed by atoms with Crippen molar-refractivity contribution in [2.45, 2.75) is 4.90 Å². The fourth-order valence-electron chi connectivity index (χ4n) is 1.23. The number of hydrogen-bond donors (Lipinski definition) is 1. The number of nitrogens with one attached hydrogen (secondary N) is 1. The van der Waals surface area contributed by atoms with Crippen molar-refractivity contribution in [3.05, 3.63) is 41.7 Å². The number of halogens is 2. The van der Waals surface area contributed by atoms with E-state index in [-0.39, 0.29) is 4.90 Å². The molecule has 1 heterocycles. The first-order chi connectivity index (χ1) is 8.45. The summed E-state index contributed by atoms with van der Waals surface area (Å²) in [6.45, 7) is 0. The molecule has 2 rings (SSSR count). The highest BCUT2D eigenvalue weighted by Gasteiger charge is 2.09. The number of benzene rings is 1. The van der Waals surface area contributed by atoms with E-state index in [1.165, 1.54) is 18.3 Å². The minimum Gasteiger partial charge on any atom is -0.324 e. The van der Waals surface area contributed by atoms with Crippen LogP contribution in [0.3, 0.4) is 0 Å². The molecular formula is C10H7Cl2N3O2S. The first-order valence-electron chi connectivity index (χ1n) is 4.75. The molecule has 8 heteroatoms. The Balaban J connectivity index is 2.21. The van der Waals surface area contributed by atoms with Crippen LogP contribution in [-0.2, 0) is 9.05 Å². The Morgan fingerprint density at radius 3 is 2.33 bits per heavy atom. The SMILES string of the molecule is O=S(=O)(Cl)c1ccc(Nc2nccc(Cl)n2)cc1. The summed E-state index contributed by atoms with van der Waals surface area (Å²) in [6.07, 6.45) is 1.51. The summed E-state index contributed by atoms with van der Waals surface area (Å²) >= 11 is 5.71. The van der Waals surface area contributed by atoms with E-state index < -0.39 is 9.05 Å². The Hall–Kier alpha value is -1.37. The molecule has 94 valence electrons. The van der Waals surface area contributed by atoms with Gasteiger partial charge in [0.15, 0.2) is 0 Å². The average molecular weight is 304 g/mol. The maximum atomic E-state index is 11.1. The normalized spacial score (nSPS) is 11.2. The van der Waals surface area contributed by atoms with Gasteiger partial charge in [0.1, 0.15) is 5.15 Å². The van der Waals surface area contributed by atoms with E-state index in [2.05, 4.69) is 15.3 Å². The van der Waals surface area contributed by atoms with Crippen LogP contribution in [0.25, 0.3) is 0 Å². The van der Waals surface area contributed by atoms with Gasteiger partial charge in [-0.3, -0.25) is 0 Å². The molecule has 5 nitrogen and oxygen atoms in total. The van der Waals surface area contributed by atoms with Gasteiger partial charge in [0.25, 0.3) is 9.05 Å². The third-order valence-electron chi connectivity index (χ3n) is 2.01. The molecule has 0 unspecified atom stereocenters. The van der Waals surface area contributed by atoms with E-state index in [9.17, 15) is 8.42 Å². The van der Waals surface area contributed by atoms with Gasteiger partial charge < -0.3 is 5.32 Å². The maximum Gasteiger partial charge on any atom is 0.261 e. The van der Waals surface area contributed by atoms with Gasteiger partial charge in [0, 0.05) is 22.6 Å². The largest absolute Gasteiger partial charge is 0.324 e. The standard InChI is InChI=1S/C10H7Cl2N3O2S/c11-9-5-6-13-10(15-9)14-7-1-3-8(4-2-7)18(12,16)17/h1-6H,(H,13,14,15). The molecule has 1 aromatic carbocycles. The fraction of sp³-hybridized carbons (Fsp3) is 0. The van der Waals surface area contributed by atoms with Gasteiger partial charge >= 0.3 is 0 Å². The second kappa shape index (κ2) is 5.09. The number of rotatable bonds is 3. The van der Waals surface area contributed by atoms with Gasteiger partial charge in [0.05, 0.1) is 4.90 Å². The van der Waals surface area contributed by atoms with Crippen LogP contribution in [0, 0.1) is 0 Å². The van der Waals surface area contributed by atoms with E-state index in [1.54, 1.807) is 18.2 Å². The van der Waals surface area contributed by atoms with Crippen molar-refractivity contribution in [3.8, 4) is 0 Å². The van der Waals surface area contributed by atoms with E-state index in [4.69, 9.17) is 22.3 Å². The summed E-state index contributed by atoms with van der Waals surface area (Å²) in [5.41, 5.74) is 0.626. The Morgan fingerprint density at radius 2 is 1.78 bits per heavy atom. The minimum absolute atomic E-state index is 0.0294. The molecular weight excluding hydrogens is 297 g/mol. The number of aromatic nitrogens is 2. The van der Waals surface area contributed by atoms with Crippen molar-refractivity contribution in [1.29, 1.82) is 0 Å². The molecule has 0 atom stereocenters. The number of nitrogens with zero attached hydrogens (tertiary/aromatic N) is 2. The van der Waals surface area contributed by atoms with E-state index in [0.717, 1.165) is 0 Å². The summed E-state index contributed by atoms with van der Waals surface area (Å²) in [4.78, 5) is 7.92. The van der Waals surface area contributed by atoms with Gasteiger partial charge in [-0.05, 0) is 30.3 Å². The van der Waals surface area contributed by atoms with Gasteiger partial charge in [-0.15, -0.1) is 0 Å². The molecule has 0 amide bonds. The molecule has 0 radical (unpaired) electrons. The molecule has 0 saturated heterocycles. The lowest BCUT2D eigenvalue weighted by Crippen LogP contribution is -1.97. The zero-order valence-electron chi connectivity index (χ0n) is 8.84. The quantitative estimate of drug-likeness (QED) is 0.697. The summed E-state index contributed by atoms with van der Waals surface area (Å²) < 4.78 is 22.1. The lowest BCUT2D eigenvalue weighted by Gasteiger charge is -2.04. The van der Waals surface area contributed by atoms with Crippen molar-refractivity contribution in [2.24, 2.45) is 0 Å². The summed E-state index contributed by atoms with van der Waals surface area (Å²) in [5.74, 6) is 0.323. The molecule has 0 aliphatic rings. The van der Waals surface area contributed by atoms with Crippen molar-refractivity contribution >= 4 is 43.0 Å². The third-order valence-corrected chi connectivity index (χ3v) is 3.59. The second-order valence-corrected chi connectivity index (χ2v) is 6.24. The predicted molar refractivity (Wildman–Crippen MR) is 69.8 cm³/mol. The molecule has 18 heavy (non-hydrogen) atoms. The monoisotopic (exact) mass is 303 g/mol. The molecule has 0 aliphatic heterocycles. The molecule has 0 saturated carbocycles. The van der Waals surface area contributed by atoms with E-state index in [0.29, 0.717) is 16.8 Å². The van der Waals surface area contributed by atoms with Crippen LogP contribution in [0.4, 0.5) is 11.6 Å². The Morgan fingerprint density at radius 1 is 1.11 bits per heavy atom. The highest BCUT2D eigenvalue weighted by Crippen LogP contribution is 2.19. The number of hydrogen-bond acceptors (Lipinski definition) is 5. The molecule has 0 bridgehead atoms. The highest BCUT2D eigenvalue weighted by atomic mass is 35.7. The lowest BCUT2D eigenvalue weighted by molar-refractivity contribution is 0.609. The van der Waals surface area contributed by atoms with Gasteiger partial charge in [0.2, 0.25) is 5.95 Å². The average Bonchev–Trinajstić information content (AvgIpc) is 2.28. The Labute approximate surface area is 113 Å². The fourth-order valence-corrected chi connectivity index (χ4v) is 2.13. The van der Waals surface area contributed by atoms with Crippen LogP contribution in [0.1, 0.15) is 0 Å². The van der Waals surface area contributed by atoms with Crippen LogP contribution in [0.15, 0.2) is 41.4 Å². The minimum atomic E-state index is -3.71. The lowest BCUT2D eigenvalue weighted by atomic mass is 10.3. The first-order valence-corrected chi connectivity index (χ1v) is 7.44. The van der Waals surface area contributed by atoms with Crippen molar-refractivity contribution in [1.82, 2.24) is 9.97 Å². The molecule has 2 aromatic rings. The van der Waals surface area contributed by atoms with Crippen LogP contribution in [0.2, 0.25) is 5.15 Å². The Bertz CT molecular complexity index is 659. The molecule has 0 spiro atoms. The van der Waals surface area contributed by atoms with Gasteiger partial charge in [-0.1, -0.05) is 11.6 Å². The summed E-state index contributed by atoms with van der Waals surface area (Å²) in [7, 11) is 1.49. The maximum absolute atomic E-state index is 11.1. The van der Waals surface area contributed by atoms with Crippen LogP contribution >= 0.6 is 22.3 Å². The first kappa shape index (κ1) is 13.1. The summed E-state index contributed by atoms with van der Waals surface area (Å²) in [5, 5.41) is 3.19. The molecule has 0 fully saturated rings. The number of anilines is 2. The zero-order chi connectivity index (χ0) is 13.2. The predicted octanol–water partition coefficient (Wildman–Crippen LogP) is 2.80. The van der Waals surface area contributed by atoms with Gasteiger partial charge in [-0.2, -0.15) is 0 Å². The van der Waals surface area contributed by atoms with Crippen molar-refractivity contribution < 1.29 is 8.42 Å². The van der Waals surface area contributed by atoms with Crippen LogP contribution in [0.5, 0.6) is 0 Å². The third kappa shape index (κ3) is 3.32. The molecule has 1 N–H and O–H groups in total. The zero-order valence-corrected chi connectivity index (χ0v) is 11.2. The van der Waals surface area contributed by atoms with Crippen LogP contribution in [-0.4, -0.2) is 18.4 Å². The Kier molecular flexibility index (Phi) is 3.70. The van der Waals surface area contributed by atoms with E-state index in [1.807, 2.05) is 0 Å². The highest BCUT2D eigenvalue weighted by molar-refractivity contribution is 8.13. The van der Waals surface area contributed by atoms with Crippen LogP contribution < -0.4 is 5.32 Å². The molecule has 1 aromatic heterocycles. The van der Waals surface area contributed by atoms with E-state index >= 15 is 0 Å². The topological polar surface area (TPSA) is 72.0 Å². The van der Waals surface area contributed by atoms with Crippen molar-refractivity contribution in [3.63, 3.8) is 0 Å². The van der Waals surface area contributed by atoms with Crippen molar-refractivity contribution in [2.75, 3.05) is 5.32 Å². The molecule has 0 aliphatic carbocycles. The van der Waals surface area contributed by atoms with Gasteiger partial charge in [-0.25, -0.2) is 18.4 Å².